The Hall–Kier alpha value is -1.92. The summed E-state index contributed by atoms with van der Waals surface area (Å²) in [6.07, 6.45) is 0. The molecule has 0 aliphatic rings. The number of sulfonamides is 1. The molecule has 0 spiro atoms. The van der Waals surface area contributed by atoms with Crippen molar-refractivity contribution in [3.8, 4) is 0 Å². The van der Waals surface area contributed by atoms with E-state index in [1.54, 1.807) is 24.3 Å². The fourth-order valence-corrected chi connectivity index (χ4v) is 2.87. The maximum atomic E-state index is 13.5. The van der Waals surface area contributed by atoms with Crippen molar-refractivity contribution in [1.29, 1.82) is 0 Å². The number of hydrogen-bond donors (Lipinski definition) is 2. The smallest absolute Gasteiger partial charge is 0.264 e. The van der Waals surface area contributed by atoms with Crippen LogP contribution in [0.25, 0.3) is 0 Å². The molecule has 0 bridgehead atoms. The Kier molecular flexibility index (Phi) is 4.06. The minimum absolute atomic E-state index is 0.132. The van der Waals surface area contributed by atoms with Crippen LogP contribution < -0.4 is 10.5 Å². The first-order valence-electron chi connectivity index (χ1n) is 6.03. The standard InChI is InChI=1S/C14H15FN2O2S/c1-10(16)11-6-8-12(9-7-11)17-20(18,19)14-5-3-2-4-13(14)15/h2-10,17H,16H2,1H3. The fraction of sp³-hybridized carbons (Fsp3) is 0.143. The van der Waals surface area contributed by atoms with Crippen LogP contribution in [0.1, 0.15) is 18.5 Å². The molecule has 4 nitrogen and oxygen atoms in total. The molecule has 1 unspecified atom stereocenters. The highest BCUT2D eigenvalue weighted by molar-refractivity contribution is 7.92. The summed E-state index contributed by atoms with van der Waals surface area (Å²) in [5.41, 5.74) is 6.96. The molecule has 2 rings (SSSR count). The van der Waals surface area contributed by atoms with Crippen molar-refractivity contribution < 1.29 is 12.8 Å². The summed E-state index contributed by atoms with van der Waals surface area (Å²) in [5, 5.41) is 0. The second kappa shape index (κ2) is 5.60. The van der Waals surface area contributed by atoms with E-state index in [1.807, 2.05) is 6.92 Å². The van der Waals surface area contributed by atoms with Crippen LogP contribution in [-0.2, 0) is 10.0 Å². The van der Waals surface area contributed by atoms with Crippen LogP contribution in [0.2, 0.25) is 0 Å². The Bertz CT molecular complexity index is 697. The topological polar surface area (TPSA) is 72.2 Å². The van der Waals surface area contributed by atoms with Crippen molar-refractivity contribution in [3.63, 3.8) is 0 Å². The van der Waals surface area contributed by atoms with Crippen LogP contribution in [0.15, 0.2) is 53.4 Å². The minimum atomic E-state index is -3.93. The summed E-state index contributed by atoms with van der Waals surface area (Å²) in [7, 11) is -3.93. The number of benzene rings is 2. The van der Waals surface area contributed by atoms with Gasteiger partial charge in [-0.05, 0) is 36.8 Å². The normalized spacial score (nSPS) is 12.9. The van der Waals surface area contributed by atoms with Gasteiger partial charge in [0.2, 0.25) is 0 Å². The van der Waals surface area contributed by atoms with E-state index in [1.165, 1.54) is 18.2 Å². The van der Waals surface area contributed by atoms with E-state index in [0.29, 0.717) is 5.69 Å². The monoisotopic (exact) mass is 294 g/mol. The number of anilines is 1. The van der Waals surface area contributed by atoms with Gasteiger partial charge in [0.25, 0.3) is 10.0 Å². The van der Waals surface area contributed by atoms with E-state index in [-0.39, 0.29) is 10.9 Å². The van der Waals surface area contributed by atoms with Gasteiger partial charge in [-0.25, -0.2) is 12.8 Å². The van der Waals surface area contributed by atoms with E-state index < -0.39 is 15.8 Å². The molecule has 3 N–H and O–H groups in total. The molecule has 6 heteroatoms. The lowest BCUT2D eigenvalue weighted by Gasteiger charge is -2.10. The van der Waals surface area contributed by atoms with Gasteiger partial charge in [-0.1, -0.05) is 24.3 Å². The lowest BCUT2D eigenvalue weighted by molar-refractivity contribution is 0.570. The van der Waals surface area contributed by atoms with Crippen molar-refractivity contribution in [1.82, 2.24) is 0 Å². The lowest BCUT2D eigenvalue weighted by Crippen LogP contribution is -2.14. The largest absolute Gasteiger partial charge is 0.324 e. The van der Waals surface area contributed by atoms with Crippen LogP contribution in [0.4, 0.5) is 10.1 Å². The van der Waals surface area contributed by atoms with Crippen molar-refractivity contribution in [2.45, 2.75) is 17.9 Å². The van der Waals surface area contributed by atoms with Gasteiger partial charge in [0, 0.05) is 11.7 Å². The van der Waals surface area contributed by atoms with Crippen LogP contribution in [0.3, 0.4) is 0 Å². The zero-order valence-corrected chi connectivity index (χ0v) is 11.7. The lowest BCUT2D eigenvalue weighted by atomic mass is 10.1. The Morgan fingerprint density at radius 2 is 1.70 bits per heavy atom. The van der Waals surface area contributed by atoms with Crippen molar-refractivity contribution in [2.75, 3.05) is 4.72 Å². The highest BCUT2D eigenvalue weighted by atomic mass is 32.2. The maximum absolute atomic E-state index is 13.5. The van der Waals surface area contributed by atoms with Gasteiger partial charge < -0.3 is 5.73 Å². The van der Waals surface area contributed by atoms with E-state index in [0.717, 1.165) is 11.6 Å². The molecule has 20 heavy (non-hydrogen) atoms. The average Bonchev–Trinajstić information content (AvgIpc) is 2.39. The molecule has 0 amide bonds. The second-order valence-corrected chi connectivity index (χ2v) is 6.10. The molecule has 0 saturated carbocycles. The first-order chi connectivity index (χ1) is 9.40. The highest BCUT2D eigenvalue weighted by Gasteiger charge is 2.18. The van der Waals surface area contributed by atoms with Gasteiger partial charge in [0.05, 0.1) is 0 Å². The van der Waals surface area contributed by atoms with Crippen LogP contribution in [0.5, 0.6) is 0 Å². The zero-order chi connectivity index (χ0) is 14.8. The summed E-state index contributed by atoms with van der Waals surface area (Å²) >= 11 is 0. The van der Waals surface area contributed by atoms with Gasteiger partial charge in [0.15, 0.2) is 0 Å². The molecule has 1 atom stereocenters. The quantitative estimate of drug-likeness (QED) is 0.910. The first kappa shape index (κ1) is 14.5. The van der Waals surface area contributed by atoms with E-state index in [4.69, 9.17) is 5.73 Å². The summed E-state index contributed by atoms with van der Waals surface area (Å²) < 4.78 is 40.0. The summed E-state index contributed by atoms with van der Waals surface area (Å²) in [6.45, 7) is 1.83. The average molecular weight is 294 g/mol. The SMILES string of the molecule is CC(N)c1ccc(NS(=O)(=O)c2ccccc2F)cc1. The Morgan fingerprint density at radius 3 is 2.25 bits per heavy atom. The van der Waals surface area contributed by atoms with Gasteiger partial charge >= 0.3 is 0 Å². The predicted molar refractivity (Wildman–Crippen MR) is 76.3 cm³/mol. The van der Waals surface area contributed by atoms with Crippen molar-refractivity contribution >= 4 is 15.7 Å². The molecule has 0 aliphatic carbocycles. The van der Waals surface area contributed by atoms with Gasteiger partial charge in [-0.3, -0.25) is 4.72 Å². The summed E-state index contributed by atoms with van der Waals surface area (Å²) in [4.78, 5) is -0.378. The number of rotatable bonds is 4. The van der Waals surface area contributed by atoms with Gasteiger partial charge in [0.1, 0.15) is 10.7 Å². The van der Waals surface area contributed by atoms with Crippen LogP contribution >= 0.6 is 0 Å². The molecular formula is C14H15FN2O2S. The molecule has 0 aliphatic heterocycles. The number of halogens is 1. The first-order valence-corrected chi connectivity index (χ1v) is 7.51. The number of hydrogen-bond acceptors (Lipinski definition) is 3. The van der Waals surface area contributed by atoms with Gasteiger partial charge in [-0.15, -0.1) is 0 Å². The minimum Gasteiger partial charge on any atom is -0.324 e. The van der Waals surface area contributed by atoms with Crippen molar-refractivity contribution in [3.05, 3.63) is 59.9 Å². The third kappa shape index (κ3) is 3.15. The fourth-order valence-electron chi connectivity index (χ4n) is 1.73. The predicted octanol–water partition coefficient (Wildman–Crippen LogP) is 2.65. The third-order valence-corrected chi connectivity index (χ3v) is 4.23. The second-order valence-electron chi connectivity index (χ2n) is 4.45. The molecule has 0 heterocycles. The highest BCUT2D eigenvalue weighted by Crippen LogP contribution is 2.20. The molecule has 0 aromatic heterocycles. The van der Waals surface area contributed by atoms with Crippen LogP contribution in [0, 0.1) is 5.82 Å². The molecule has 106 valence electrons. The molecule has 2 aromatic rings. The van der Waals surface area contributed by atoms with E-state index in [9.17, 15) is 12.8 Å². The summed E-state index contributed by atoms with van der Waals surface area (Å²) in [6, 6.07) is 11.7. The van der Waals surface area contributed by atoms with E-state index in [2.05, 4.69) is 4.72 Å². The Morgan fingerprint density at radius 1 is 1.10 bits per heavy atom. The molecule has 2 aromatic carbocycles. The molecule has 0 saturated heterocycles. The molecular weight excluding hydrogens is 279 g/mol. The molecule has 0 fully saturated rings. The van der Waals surface area contributed by atoms with Gasteiger partial charge in [-0.2, -0.15) is 0 Å². The van der Waals surface area contributed by atoms with E-state index >= 15 is 0 Å². The Balaban J connectivity index is 2.27. The third-order valence-electron chi connectivity index (χ3n) is 2.81. The number of nitrogens with two attached hydrogens (primary N) is 1. The maximum Gasteiger partial charge on any atom is 0.264 e. The number of nitrogens with one attached hydrogen (secondary N) is 1. The van der Waals surface area contributed by atoms with Crippen LogP contribution in [-0.4, -0.2) is 8.42 Å². The Labute approximate surface area is 117 Å². The molecule has 0 radical (unpaired) electrons. The van der Waals surface area contributed by atoms with Crippen molar-refractivity contribution in [2.24, 2.45) is 5.73 Å². The summed E-state index contributed by atoms with van der Waals surface area (Å²) in [5.74, 6) is -0.785. The zero-order valence-electron chi connectivity index (χ0n) is 10.9.